The fraction of sp³-hybridized carbons (Fsp3) is 0.300. The van der Waals surface area contributed by atoms with Crippen LogP contribution in [0.5, 0.6) is 0 Å². The topological polar surface area (TPSA) is 70.7 Å². The molecule has 1 atom stereocenters. The number of morpholine rings is 1. The molecule has 7 heteroatoms. The molecule has 2 aromatic rings. The van der Waals surface area contributed by atoms with Gasteiger partial charge in [0, 0.05) is 34.9 Å². The minimum absolute atomic E-state index is 0.0382. The Bertz CT molecular complexity index is 863. The average molecular weight is 383 g/mol. The molecule has 0 spiro atoms. The molecule has 4 rings (SSSR count). The molecule has 2 aliphatic heterocycles. The highest BCUT2D eigenvalue weighted by Crippen LogP contribution is 2.36. The third-order valence-electron chi connectivity index (χ3n) is 4.67. The van der Waals surface area contributed by atoms with Gasteiger partial charge in [0.15, 0.2) is 0 Å². The van der Waals surface area contributed by atoms with Crippen molar-refractivity contribution in [3.05, 3.63) is 48.0 Å². The van der Waals surface area contributed by atoms with E-state index in [0.717, 1.165) is 42.6 Å². The van der Waals surface area contributed by atoms with Gasteiger partial charge in [0.2, 0.25) is 5.91 Å². The Morgan fingerprint density at radius 3 is 2.67 bits per heavy atom. The molecule has 2 N–H and O–H groups in total. The highest BCUT2D eigenvalue weighted by Gasteiger charge is 2.23. The number of rotatable bonds is 3. The minimum Gasteiger partial charge on any atom is -0.378 e. The fourth-order valence-electron chi connectivity index (χ4n) is 3.13. The van der Waals surface area contributed by atoms with Gasteiger partial charge in [-0.05, 0) is 49.4 Å². The maximum Gasteiger partial charge on any atom is 0.255 e. The van der Waals surface area contributed by atoms with Crippen LogP contribution in [0.25, 0.3) is 0 Å². The van der Waals surface area contributed by atoms with Gasteiger partial charge in [0.25, 0.3) is 5.91 Å². The number of carbonyl (C=O) groups excluding carboxylic acids is 2. The molecule has 0 saturated carbocycles. The molecule has 1 fully saturated rings. The Hall–Kier alpha value is -2.51. The van der Waals surface area contributed by atoms with E-state index < -0.39 is 0 Å². The second kappa shape index (κ2) is 7.62. The van der Waals surface area contributed by atoms with E-state index in [0.29, 0.717) is 11.3 Å². The summed E-state index contributed by atoms with van der Waals surface area (Å²) in [5, 5.41) is 5.65. The van der Waals surface area contributed by atoms with Crippen molar-refractivity contribution < 1.29 is 14.3 Å². The van der Waals surface area contributed by atoms with E-state index in [4.69, 9.17) is 4.74 Å². The normalized spacial score (nSPS) is 19.2. The van der Waals surface area contributed by atoms with Crippen LogP contribution in [0.2, 0.25) is 0 Å². The number of hydrogen-bond acceptors (Lipinski definition) is 5. The van der Waals surface area contributed by atoms with E-state index in [1.165, 1.54) is 11.8 Å². The molecule has 27 heavy (non-hydrogen) atoms. The molecule has 0 bridgehead atoms. The SMILES string of the molecule is C[C@@H]1Sc2ccc(C(=O)Nc3ccc(N4CCOCC4)cc3)cc2NC1=O. The number of anilines is 3. The van der Waals surface area contributed by atoms with Gasteiger partial charge < -0.3 is 20.3 Å². The minimum atomic E-state index is -0.199. The first-order chi connectivity index (χ1) is 13.1. The average Bonchev–Trinajstić information content (AvgIpc) is 2.70. The lowest BCUT2D eigenvalue weighted by Crippen LogP contribution is -2.36. The first-order valence-electron chi connectivity index (χ1n) is 8.96. The highest BCUT2D eigenvalue weighted by atomic mass is 32.2. The number of benzene rings is 2. The van der Waals surface area contributed by atoms with Crippen molar-refractivity contribution in [1.82, 2.24) is 0 Å². The molecule has 2 aromatic carbocycles. The van der Waals surface area contributed by atoms with Crippen molar-refractivity contribution in [2.45, 2.75) is 17.1 Å². The Kier molecular flexibility index (Phi) is 5.05. The fourth-order valence-corrected chi connectivity index (χ4v) is 4.06. The number of nitrogens with zero attached hydrogens (tertiary/aromatic N) is 1. The number of hydrogen-bond donors (Lipinski definition) is 2. The van der Waals surface area contributed by atoms with Crippen LogP contribution in [0.4, 0.5) is 17.1 Å². The summed E-state index contributed by atoms with van der Waals surface area (Å²) in [5.41, 5.74) is 3.07. The predicted molar refractivity (Wildman–Crippen MR) is 108 cm³/mol. The third-order valence-corrected chi connectivity index (χ3v) is 5.85. The van der Waals surface area contributed by atoms with Gasteiger partial charge in [-0.3, -0.25) is 9.59 Å². The van der Waals surface area contributed by atoms with Crippen LogP contribution in [-0.4, -0.2) is 43.4 Å². The molecule has 140 valence electrons. The van der Waals surface area contributed by atoms with Crippen LogP contribution in [0.3, 0.4) is 0 Å². The molecule has 2 amide bonds. The smallest absolute Gasteiger partial charge is 0.255 e. The van der Waals surface area contributed by atoms with E-state index in [9.17, 15) is 9.59 Å². The van der Waals surface area contributed by atoms with Gasteiger partial charge in [0.05, 0.1) is 24.2 Å². The molecule has 6 nitrogen and oxygen atoms in total. The molecule has 0 unspecified atom stereocenters. The predicted octanol–water partition coefficient (Wildman–Crippen LogP) is 3.21. The summed E-state index contributed by atoms with van der Waals surface area (Å²) in [5.74, 6) is -0.237. The molecule has 1 saturated heterocycles. The standard InChI is InChI=1S/C20H21N3O3S/c1-13-19(24)22-17-12-14(2-7-18(17)27-13)20(25)21-15-3-5-16(6-4-15)23-8-10-26-11-9-23/h2-7,12-13H,8-11H2,1H3,(H,21,25)(H,22,24)/t13-/m0/s1. The summed E-state index contributed by atoms with van der Waals surface area (Å²) in [6.45, 7) is 5.10. The number of nitrogens with one attached hydrogen (secondary N) is 2. The van der Waals surface area contributed by atoms with E-state index in [1.54, 1.807) is 12.1 Å². The number of amides is 2. The second-order valence-electron chi connectivity index (χ2n) is 6.56. The zero-order valence-electron chi connectivity index (χ0n) is 15.0. The maximum absolute atomic E-state index is 12.6. The lowest BCUT2D eigenvalue weighted by Gasteiger charge is -2.28. The van der Waals surface area contributed by atoms with Gasteiger partial charge in [-0.25, -0.2) is 0 Å². The van der Waals surface area contributed by atoms with E-state index in [1.807, 2.05) is 37.3 Å². The van der Waals surface area contributed by atoms with Crippen LogP contribution in [0.15, 0.2) is 47.4 Å². The van der Waals surface area contributed by atoms with Crippen molar-refractivity contribution in [1.29, 1.82) is 0 Å². The van der Waals surface area contributed by atoms with Gasteiger partial charge in [-0.2, -0.15) is 0 Å². The second-order valence-corrected chi connectivity index (χ2v) is 7.94. The Morgan fingerprint density at radius 2 is 1.93 bits per heavy atom. The number of ether oxygens (including phenoxy) is 1. The molecule has 2 heterocycles. The largest absolute Gasteiger partial charge is 0.378 e. The summed E-state index contributed by atoms with van der Waals surface area (Å²) in [7, 11) is 0. The summed E-state index contributed by atoms with van der Waals surface area (Å²) in [6.07, 6.45) is 0. The first kappa shape index (κ1) is 17.9. The zero-order valence-corrected chi connectivity index (χ0v) is 15.8. The Balaban J connectivity index is 1.44. The van der Waals surface area contributed by atoms with Crippen molar-refractivity contribution in [2.75, 3.05) is 41.8 Å². The van der Waals surface area contributed by atoms with Crippen LogP contribution >= 0.6 is 11.8 Å². The highest BCUT2D eigenvalue weighted by molar-refractivity contribution is 8.00. The molecule has 0 aromatic heterocycles. The summed E-state index contributed by atoms with van der Waals surface area (Å²) >= 11 is 1.50. The molecule has 2 aliphatic rings. The maximum atomic E-state index is 12.6. The molecule has 0 aliphatic carbocycles. The monoisotopic (exact) mass is 383 g/mol. The molecular formula is C20H21N3O3S. The van der Waals surface area contributed by atoms with E-state index >= 15 is 0 Å². The van der Waals surface area contributed by atoms with Crippen LogP contribution < -0.4 is 15.5 Å². The van der Waals surface area contributed by atoms with Crippen molar-refractivity contribution in [3.63, 3.8) is 0 Å². The third kappa shape index (κ3) is 3.94. The van der Waals surface area contributed by atoms with Gasteiger partial charge in [-0.1, -0.05) is 0 Å². The zero-order chi connectivity index (χ0) is 18.8. The number of fused-ring (bicyclic) bond motifs is 1. The van der Waals surface area contributed by atoms with Gasteiger partial charge in [-0.15, -0.1) is 11.8 Å². The number of carbonyl (C=O) groups is 2. The lowest BCUT2D eigenvalue weighted by molar-refractivity contribution is -0.115. The summed E-state index contributed by atoms with van der Waals surface area (Å²) in [6, 6.07) is 13.2. The first-order valence-corrected chi connectivity index (χ1v) is 9.84. The Labute approximate surface area is 162 Å². The summed E-state index contributed by atoms with van der Waals surface area (Å²) < 4.78 is 5.37. The van der Waals surface area contributed by atoms with Crippen LogP contribution in [-0.2, 0) is 9.53 Å². The number of thioether (sulfide) groups is 1. The van der Waals surface area contributed by atoms with Gasteiger partial charge >= 0.3 is 0 Å². The van der Waals surface area contributed by atoms with Crippen molar-refractivity contribution in [2.24, 2.45) is 0 Å². The van der Waals surface area contributed by atoms with Crippen LogP contribution in [0, 0.1) is 0 Å². The quantitative estimate of drug-likeness (QED) is 0.852. The lowest BCUT2D eigenvalue weighted by atomic mass is 10.1. The van der Waals surface area contributed by atoms with Crippen molar-refractivity contribution >= 4 is 40.6 Å². The molecule has 0 radical (unpaired) electrons. The van der Waals surface area contributed by atoms with Crippen molar-refractivity contribution in [3.8, 4) is 0 Å². The molecular weight excluding hydrogens is 362 g/mol. The summed E-state index contributed by atoms with van der Waals surface area (Å²) in [4.78, 5) is 27.7. The van der Waals surface area contributed by atoms with E-state index in [2.05, 4.69) is 15.5 Å². The van der Waals surface area contributed by atoms with E-state index in [-0.39, 0.29) is 17.1 Å². The Morgan fingerprint density at radius 1 is 1.19 bits per heavy atom. The van der Waals surface area contributed by atoms with Crippen LogP contribution in [0.1, 0.15) is 17.3 Å². The van der Waals surface area contributed by atoms with Gasteiger partial charge in [0.1, 0.15) is 0 Å².